The number of carbonyl (C=O) groups is 1. The van der Waals surface area contributed by atoms with Crippen molar-refractivity contribution in [3.05, 3.63) is 24.3 Å². The number of hydrogen-bond acceptors (Lipinski definition) is 3. The van der Waals surface area contributed by atoms with Gasteiger partial charge in [0.2, 0.25) is 5.91 Å². The van der Waals surface area contributed by atoms with Crippen LogP contribution >= 0.6 is 0 Å². The molecule has 1 aromatic carbocycles. The second-order valence-electron chi connectivity index (χ2n) is 4.08. The average molecular weight is 220 g/mol. The SMILES string of the molecule is COc1ccccc1N(C)C(=O)C1CC1N. The number of nitrogens with two attached hydrogens (primary N) is 1. The predicted octanol–water partition coefficient (Wildman–Crippen LogP) is 1.01. The van der Waals surface area contributed by atoms with E-state index in [1.807, 2.05) is 24.3 Å². The summed E-state index contributed by atoms with van der Waals surface area (Å²) in [6.45, 7) is 0. The van der Waals surface area contributed by atoms with Crippen molar-refractivity contribution in [1.29, 1.82) is 0 Å². The molecule has 1 aromatic rings. The lowest BCUT2D eigenvalue weighted by atomic mass is 10.2. The van der Waals surface area contributed by atoms with Gasteiger partial charge in [0.1, 0.15) is 5.75 Å². The highest BCUT2D eigenvalue weighted by Gasteiger charge is 2.42. The van der Waals surface area contributed by atoms with Gasteiger partial charge in [-0.05, 0) is 18.6 Å². The Kier molecular flexibility index (Phi) is 2.83. The molecule has 2 N–H and O–H groups in total. The summed E-state index contributed by atoms with van der Waals surface area (Å²) in [7, 11) is 3.35. The van der Waals surface area contributed by atoms with Crippen molar-refractivity contribution in [2.75, 3.05) is 19.1 Å². The van der Waals surface area contributed by atoms with E-state index in [-0.39, 0.29) is 17.9 Å². The van der Waals surface area contributed by atoms with Gasteiger partial charge in [0.15, 0.2) is 0 Å². The lowest BCUT2D eigenvalue weighted by molar-refractivity contribution is -0.119. The van der Waals surface area contributed by atoms with Crippen LogP contribution in [0.1, 0.15) is 6.42 Å². The van der Waals surface area contributed by atoms with E-state index in [1.54, 1.807) is 19.1 Å². The lowest BCUT2D eigenvalue weighted by Gasteiger charge is -2.19. The van der Waals surface area contributed by atoms with Gasteiger partial charge in [0, 0.05) is 13.1 Å². The maximum absolute atomic E-state index is 12.0. The van der Waals surface area contributed by atoms with Gasteiger partial charge < -0.3 is 15.4 Å². The van der Waals surface area contributed by atoms with Crippen molar-refractivity contribution in [3.8, 4) is 5.75 Å². The van der Waals surface area contributed by atoms with Crippen molar-refractivity contribution in [3.63, 3.8) is 0 Å². The Morgan fingerprint density at radius 3 is 2.69 bits per heavy atom. The third-order valence-corrected chi connectivity index (χ3v) is 2.93. The summed E-state index contributed by atoms with van der Waals surface area (Å²) in [6, 6.07) is 7.50. The molecule has 0 aliphatic heterocycles. The summed E-state index contributed by atoms with van der Waals surface area (Å²) in [4.78, 5) is 13.6. The number of methoxy groups -OCH3 is 1. The van der Waals surface area contributed by atoms with Gasteiger partial charge in [0.25, 0.3) is 0 Å². The van der Waals surface area contributed by atoms with Crippen LogP contribution in [-0.4, -0.2) is 26.1 Å². The molecule has 4 nitrogen and oxygen atoms in total. The molecule has 1 fully saturated rings. The van der Waals surface area contributed by atoms with Crippen LogP contribution in [0.2, 0.25) is 0 Å². The van der Waals surface area contributed by atoms with Gasteiger partial charge >= 0.3 is 0 Å². The highest BCUT2D eigenvalue weighted by molar-refractivity contribution is 5.97. The van der Waals surface area contributed by atoms with E-state index in [9.17, 15) is 4.79 Å². The van der Waals surface area contributed by atoms with E-state index >= 15 is 0 Å². The molecule has 4 heteroatoms. The van der Waals surface area contributed by atoms with Crippen LogP contribution < -0.4 is 15.4 Å². The first kappa shape index (κ1) is 11.0. The summed E-state index contributed by atoms with van der Waals surface area (Å²) in [5.41, 5.74) is 6.46. The van der Waals surface area contributed by atoms with Crippen LogP contribution in [0.4, 0.5) is 5.69 Å². The largest absolute Gasteiger partial charge is 0.495 e. The number of rotatable bonds is 3. The van der Waals surface area contributed by atoms with E-state index in [2.05, 4.69) is 0 Å². The number of ether oxygens (including phenoxy) is 1. The van der Waals surface area contributed by atoms with Crippen molar-refractivity contribution >= 4 is 11.6 Å². The molecular formula is C12H16N2O2. The van der Waals surface area contributed by atoms with E-state index in [1.165, 1.54) is 0 Å². The van der Waals surface area contributed by atoms with Crippen molar-refractivity contribution in [2.45, 2.75) is 12.5 Å². The zero-order valence-electron chi connectivity index (χ0n) is 9.51. The number of benzene rings is 1. The zero-order valence-corrected chi connectivity index (χ0v) is 9.51. The molecular weight excluding hydrogens is 204 g/mol. The van der Waals surface area contributed by atoms with Gasteiger partial charge in [-0.1, -0.05) is 12.1 Å². The number of carbonyl (C=O) groups excluding carboxylic acids is 1. The molecule has 86 valence electrons. The van der Waals surface area contributed by atoms with Gasteiger partial charge in [-0.2, -0.15) is 0 Å². The Labute approximate surface area is 95.0 Å². The molecule has 0 spiro atoms. The monoisotopic (exact) mass is 220 g/mol. The van der Waals surface area contributed by atoms with E-state index in [0.29, 0.717) is 5.75 Å². The highest BCUT2D eigenvalue weighted by atomic mass is 16.5. The fourth-order valence-corrected chi connectivity index (χ4v) is 1.77. The molecule has 0 aromatic heterocycles. The molecule has 1 aliphatic carbocycles. The topological polar surface area (TPSA) is 55.6 Å². The first-order chi connectivity index (χ1) is 7.65. The average Bonchev–Trinajstić information content (AvgIpc) is 3.04. The van der Waals surface area contributed by atoms with Gasteiger partial charge in [0.05, 0.1) is 18.7 Å². The second-order valence-corrected chi connectivity index (χ2v) is 4.08. The van der Waals surface area contributed by atoms with Gasteiger partial charge in [-0.15, -0.1) is 0 Å². The van der Waals surface area contributed by atoms with E-state index in [4.69, 9.17) is 10.5 Å². The normalized spacial score (nSPS) is 22.7. The maximum atomic E-state index is 12.0. The zero-order chi connectivity index (χ0) is 11.7. The first-order valence-electron chi connectivity index (χ1n) is 5.31. The number of nitrogens with zero attached hydrogens (tertiary/aromatic N) is 1. The molecule has 1 aliphatic rings. The number of hydrogen-bond donors (Lipinski definition) is 1. The number of amides is 1. The van der Waals surface area contributed by atoms with Crippen LogP contribution in [-0.2, 0) is 4.79 Å². The summed E-state index contributed by atoms with van der Waals surface area (Å²) in [5, 5.41) is 0. The van der Waals surface area contributed by atoms with E-state index in [0.717, 1.165) is 12.1 Å². The van der Waals surface area contributed by atoms with Crippen molar-refractivity contribution in [1.82, 2.24) is 0 Å². The Morgan fingerprint density at radius 1 is 1.50 bits per heavy atom. The molecule has 1 amide bonds. The Bertz CT molecular complexity index is 406. The molecule has 2 unspecified atom stereocenters. The summed E-state index contributed by atoms with van der Waals surface area (Å²) in [6.07, 6.45) is 0.790. The quantitative estimate of drug-likeness (QED) is 0.827. The number of para-hydroxylation sites is 2. The summed E-state index contributed by atoms with van der Waals surface area (Å²) in [5.74, 6) is 0.750. The van der Waals surface area contributed by atoms with Crippen molar-refractivity contribution < 1.29 is 9.53 Å². The molecule has 0 radical (unpaired) electrons. The Balaban J connectivity index is 2.19. The van der Waals surface area contributed by atoms with Crippen LogP contribution in [0.3, 0.4) is 0 Å². The molecule has 1 saturated carbocycles. The summed E-state index contributed by atoms with van der Waals surface area (Å²) >= 11 is 0. The maximum Gasteiger partial charge on any atom is 0.231 e. The van der Waals surface area contributed by atoms with Crippen LogP contribution in [0.25, 0.3) is 0 Å². The molecule has 16 heavy (non-hydrogen) atoms. The molecule has 0 heterocycles. The minimum Gasteiger partial charge on any atom is -0.495 e. The highest BCUT2D eigenvalue weighted by Crippen LogP contribution is 2.34. The fourth-order valence-electron chi connectivity index (χ4n) is 1.77. The third kappa shape index (κ3) is 1.88. The van der Waals surface area contributed by atoms with Gasteiger partial charge in [-0.3, -0.25) is 4.79 Å². The third-order valence-electron chi connectivity index (χ3n) is 2.93. The molecule has 0 bridgehead atoms. The lowest BCUT2D eigenvalue weighted by Crippen LogP contribution is -2.30. The fraction of sp³-hybridized carbons (Fsp3) is 0.417. The molecule has 2 atom stereocenters. The van der Waals surface area contributed by atoms with Crippen LogP contribution in [0.15, 0.2) is 24.3 Å². The first-order valence-corrected chi connectivity index (χ1v) is 5.31. The van der Waals surface area contributed by atoms with Crippen LogP contribution in [0, 0.1) is 5.92 Å². The Morgan fingerprint density at radius 2 is 2.12 bits per heavy atom. The van der Waals surface area contributed by atoms with E-state index < -0.39 is 0 Å². The standard InChI is InChI=1S/C12H16N2O2/c1-14(12(15)8-7-9(8)13)10-5-3-4-6-11(10)16-2/h3-6,8-9H,7,13H2,1-2H3. The van der Waals surface area contributed by atoms with Gasteiger partial charge in [-0.25, -0.2) is 0 Å². The number of anilines is 1. The Hall–Kier alpha value is -1.55. The predicted molar refractivity (Wildman–Crippen MR) is 62.5 cm³/mol. The molecule has 2 rings (SSSR count). The summed E-state index contributed by atoms with van der Waals surface area (Å²) < 4.78 is 5.22. The minimum absolute atomic E-state index is 0.0186. The second kappa shape index (κ2) is 4.14. The van der Waals surface area contributed by atoms with Crippen LogP contribution in [0.5, 0.6) is 5.75 Å². The smallest absolute Gasteiger partial charge is 0.231 e. The van der Waals surface area contributed by atoms with Crippen molar-refractivity contribution in [2.24, 2.45) is 11.7 Å². The molecule has 0 saturated heterocycles. The minimum atomic E-state index is -0.0186.